The van der Waals surface area contributed by atoms with Gasteiger partial charge in [0, 0.05) is 22.9 Å². The Bertz CT molecular complexity index is 508. The van der Waals surface area contributed by atoms with E-state index in [-0.39, 0.29) is 0 Å². The lowest BCUT2D eigenvalue weighted by molar-refractivity contribution is 1.40. The van der Waals surface area contributed by atoms with Crippen LogP contribution in [0.3, 0.4) is 0 Å². The van der Waals surface area contributed by atoms with Crippen molar-refractivity contribution in [2.24, 2.45) is 0 Å². The van der Waals surface area contributed by atoms with E-state index in [1.54, 1.807) is 18.0 Å². The van der Waals surface area contributed by atoms with Crippen LogP contribution in [0.5, 0.6) is 0 Å². The van der Waals surface area contributed by atoms with Crippen molar-refractivity contribution in [3.8, 4) is 17.2 Å². The summed E-state index contributed by atoms with van der Waals surface area (Å²) in [4.78, 5) is 4.16. The van der Waals surface area contributed by atoms with Crippen LogP contribution in [0.2, 0.25) is 0 Å². The molecule has 2 nitrogen and oxygen atoms in total. The fourth-order valence-electron chi connectivity index (χ4n) is 1.55. The predicted octanol–water partition coefficient (Wildman–Crippen LogP) is 3.28. The lowest BCUT2D eigenvalue weighted by Crippen LogP contribution is -1.81. The van der Waals surface area contributed by atoms with Crippen molar-refractivity contribution in [2.45, 2.75) is 4.90 Å². The Morgan fingerprint density at radius 2 is 2.00 bits per heavy atom. The number of hydrogen-bond acceptors (Lipinski definition) is 2. The summed E-state index contributed by atoms with van der Waals surface area (Å²) in [6.07, 6.45) is 5.64. The average molecular weight is 214 g/mol. The number of aromatic nitrogens is 1. The molecular formula is C12H10N2S. The van der Waals surface area contributed by atoms with Gasteiger partial charge in [-0.15, -0.1) is 11.8 Å². The molecule has 0 aliphatic rings. The molecule has 1 heterocycles. The number of rotatable bonds is 2. The lowest BCUT2D eigenvalue weighted by Gasteiger charge is -2.04. The van der Waals surface area contributed by atoms with E-state index in [0.29, 0.717) is 5.56 Å². The van der Waals surface area contributed by atoms with Crippen molar-refractivity contribution >= 4 is 11.8 Å². The minimum absolute atomic E-state index is 0.691. The van der Waals surface area contributed by atoms with Crippen molar-refractivity contribution in [3.05, 3.63) is 42.2 Å². The van der Waals surface area contributed by atoms with Gasteiger partial charge in [-0.3, -0.25) is 0 Å². The van der Waals surface area contributed by atoms with Gasteiger partial charge in [0.15, 0.2) is 0 Å². The van der Waals surface area contributed by atoms with Crippen LogP contribution in [0.1, 0.15) is 5.56 Å². The molecule has 0 aliphatic carbocycles. The number of nitrogens with zero attached hydrogens (tertiary/aromatic N) is 1. The fourth-order valence-corrected chi connectivity index (χ4v) is 2.16. The van der Waals surface area contributed by atoms with Gasteiger partial charge < -0.3 is 4.98 Å². The second kappa shape index (κ2) is 4.24. The predicted molar refractivity (Wildman–Crippen MR) is 62.7 cm³/mol. The number of benzene rings is 1. The zero-order valence-electron chi connectivity index (χ0n) is 8.32. The molecule has 2 rings (SSSR count). The second-order valence-corrected chi connectivity index (χ2v) is 3.94. The summed E-state index contributed by atoms with van der Waals surface area (Å²) in [6, 6.07) is 10.3. The van der Waals surface area contributed by atoms with Gasteiger partial charge in [-0.05, 0) is 17.9 Å². The molecule has 15 heavy (non-hydrogen) atoms. The third kappa shape index (κ3) is 1.77. The standard InChI is InChI=1S/C12H10N2S/c1-15-12-5-3-2-4-10(12)11-8-14-7-9(11)6-13/h2-5,7-8,14H,1H3. The Kier molecular flexibility index (Phi) is 2.79. The summed E-state index contributed by atoms with van der Waals surface area (Å²) >= 11 is 1.69. The van der Waals surface area contributed by atoms with Gasteiger partial charge in [-0.2, -0.15) is 5.26 Å². The van der Waals surface area contributed by atoms with Crippen LogP contribution in [-0.2, 0) is 0 Å². The van der Waals surface area contributed by atoms with Gasteiger partial charge in [-0.25, -0.2) is 0 Å². The minimum Gasteiger partial charge on any atom is -0.366 e. The van der Waals surface area contributed by atoms with E-state index in [0.717, 1.165) is 11.1 Å². The highest BCUT2D eigenvalue weighted by molar-refractivity contribution is 7.98. The lowest BCUT2D eigenvalue weighted by atomic mass is 10.1. The van der Waals surface area contributed by atoms with E-state index in [1.807, 2.05) is 30.7 Å². The van der Waals surface area contributed by atoms with Crippen LogP contribution in [0, 0.1) is 11.3 Å². The topological polar surface area (TPSA) is 39.6 Å². The Hall–Kier alpha value is -1.66. The molecule has 0 fully saturated rings. The first-order valence-electron chi connectivity index (χ1n) is 4.57. The highest BCUT2D eigenvalue weighted by atomic mass is 32.2. The van der Waals surface area contributed by atoms with E-state index in [9.17, 15) is 0 Å². The first-order chi connectivity index (χ1) is 7.36. The second-order valence-electron chi connectivity index (χ2n) is 3.09. The molecule has 74 valence electrons. The smallest absolute Gasteiger partial charge is 0.101 e. The Morgan fingerprint density at radius 1 is 1.20 bits per heavy atom. The average Bonchev–Trinajstić information content (AvgIpc) is 2.76. The van der Waals surface area contributed by atoms with Crippen LogP contribution >= 0.6 is 11.8 Å². The molecule has 1 aromatic heterocycles. The van der Waals surface area contributed by atoms with E-state index >= 15 is 0 Å². The summed E-state index contributed by atoms with van der Waals surface area (Å²) in [7, 11) is 0. The van der Waals surface area contributed by atoms with Crippen molar-refractivity contribution in [1.82, 2.24) is 4.98 Å². The summed E-state index contributed by atoms with van der Waals surface area (Å²) in [5.74, 6) is 0. The van der Waals surface area contributed by atoms with E-state index in [1.165, 1.54) is 4.90 Å². The Balaban J connectivity index is 2.59. The van der Waals surface area contributed by atoms with Crippen LogP contribution < -0.4 is 0 Å². The maximum Gasteiger partial charge on any atom is 0.101 e. The van der Waals surface area contributed by atoms with Gasteiger partial charge in [0.2, 0.25) is 0 Å². The van der Waals surface area contributed by atoms with E-state index in [4.69, 9.17) is 5.26 Å². The summed E-state index contributed by atoms with van der Waals surface area (Å²) in [6.45, 7) is 0. The molecule has 2 aromatic rings. The minimum atomic E-state index is 0.691. The van der Waals surface area contributed by atoms with Crippen molar-refractivity contribution in [2.75, 3.05) is 6.26 Å². The molecule has 1 aromatic carbocycles. The van der Waals surface area contributed by atoms with E-state index < -0.39 is 0 Å². The van der Waals surface area contributed by atoms with Crippen molar-refractivity contribution in [3.63, 3.8) is 0 Å². The Labute approximate surface area is 92.9 Å². The molecular weight excluding hydrogens is 204 g/mol. The molecule has 0 aliphatic heterocycles. The molecule has 0 unspecified atom stereocenters. The Morgan fingerprint density at radius 3 is 2.73 bits per heavy atom. The summed E-state index contributed by atoms with van der Waals surface area (Å²) in [5, 5.41) is 8.96. The molecule has 0 spiro atoms. The highest BCUT2D eigenvalue weighted by Crippen LogP contribution is 2.31. The molecule has 3 heteroatoms. The number of nitriles is 1. The van der Waals surface area contributed by atoms with Crippen molar-refractivity contribution in [1.29, 1.82) is 5.26 Å². The van der Waals surface area contributed by atoms with Gasteiger partial charge >= 0.3 is 0 Å². The molecule has 1 N–H and O–H groups in total. The summed E-state index contributed by atoms with van der Waals surface area (Å²) in [5.41, 5.74) is 2.78. The van der Waals surface area contributed by atoms with Crippen LogP contribution in [-0.4, -0.2) is 11.2 Å². The number of hydrogen-bond donors (Lipinski definition) is 1. The zero-order chi connectivity index (χ0) is 10.7. The number of nitrogens with one attached hydrogen (secondary N) is 1. The first kappa shape index (κ1) is 9.88. The fraction of sp³-hybridized carbons (Fsp3) is 0.0833. The van der Waals surface area contributed by atoms with Crippen LogP contribution in [0.25, 0.3) is 11.1 Å². The first-order valence-corrected chi connectivity index (χ1v) is 5.79. The maximum atomic E-state index is 8.96. The monoisotopic (exact) mass is 214 g/mol. The van der Waals surface area contributed by atoms with Crippen LogP contribution in [0.15, 0.2) is 41.6 Å². The van der Waals surface area contributed by atoms with Crippen molar-refractivity contribution < 1.29 is 0 Å². The largest absolute Gasteiger partial charge is 0.366 e. The van der Waals surface area contributed by atoms with Gasteiger partial charge in [0.05, 0.1) is 5.56 Å². The third-order valence-corrected chi connectivity index (χ3v) is 3.06. The maximum absolute atomic E-state index is 8.96. The normalized spacial score (nSPS) is 9.87. The molecule has 0 bridgehead atoms. The number of aromatic amines is 1. The van der Waals surface area contributed by atoms with Crippen LogP contribution in [0.4, 0.5) is 0 Å². The SMILES string of the molecule is CSc1ccccc1-c1c[nH]cc1C#N. The highest BCUT2D eigenvalue weighted by Gasteiger charge is 2.08. The quantitative estimate of drug-likeness (QED) is 0.779. The summed E-state index contributed by atoms with van der Waals surface area (Å²) < 4.78 is 0. The van der Waals surface area contributed by atoms with Gasteiger partial charge in [0.1, 0.15) is 6.07 Å². The molecule has 0 radical (unpaired) electrons. The number of thioether (sulfide) groups is 1. The third-order valence-electron chi connectivity index (χ3n) is 2.26. The molecule has 0 saturated heterocycles. The molecule has 0 saturated carbocycles. The van der Waals surface area contributed by atoms with Gasteiger partial charge in [0.25, 0.3) is 0 Å². The van der Waals surface area contributed by atoms with Gasteiger partial charge in [-0.1, -0.05) is 18.2 Å². The molecule has 0 amide bonds. The van der Waals surface area contributed by atoms with E-state index in [2.05, 4.69) is 17.1 Å². The number of H-pyrrole nitrogens is 1. The zero-order valence-corrected chi connectivity index (χ0v) is 9.14. The molecule has 0 atom stereocenters.